The number of carbonyl (C=O) groups is 2. The highest BCUT2D eigenvalue weighted by molar-refractivity contribution is 6.06. The van der Waals surface area contributed by atoms with Crippen molar-refractivity contribution < 1.29 is 14.3 Å². The molecule has 1 aliphatic heterocycles. The van der Waals surface area contributed by atoms with Crippen molar-refractivity contribution in [1.29, 1.82) is 0 Å². The number of carbonyl (C=O) groups excluding carboxylic acids is 2. The number of ether oxygens (including phenoxy) is 1. The lowest BCUT2D eigenvalue weighted by Gasteiger charge is -2.19. The molecule has 3 aliphatic rings. The monoisotopic (exact) mass is 396 g/mol. The summed E-state index contributed by atoms with van der Waals surface area (Å²) >= 11 is 0. The molecule has 4 atom stereocenters. The predicted octanol–water partition coefficient (Wildman–Crippen LogP) is 1.56. The van der Waals surface area contributed by atoms with Crippen LogP contribution in [-0.2, 0) is 16.1 Å². The lowest BCUT2D eigenvalue weighted by atomic mass is 9.85. The van der Waals surface area contributed by atoms with Crippen LogP contribution in [0.3, 0.4) is 0 Å². The molecule has 2 amide bonds. The van der Waals surface area contributed by atoms with E-state index >= 15 is 0 Å². The molecule has 29 heavy (non-hydrogen) atoms. The molecule has 2 bridgehead atoms. The van der Waals surface area contributed by atoms with E-state index in [1.165, 1.54) is 4.90 Å². The second-order valence-electron chi connectivity index (χ2n) is 7.72. The number of rotatable bonds is 7. The molecule has 1 saturated carbocycles. The number of nitrogens with one attached hydrogen (secondary N) is 2. The van der Waals surface area contributed by atoms with Crippen LogP contribution >= 0.6 is 0 Å². The van der Waals surface area contributed by atoms with Crippen molar-refractivity contribution in [2.24, 2.45) is 28.7 Å². The number of hydrogen-bond donors (Lipinski definition) is 2. The number of allylic oxidation sites excluding steroid dienone is 2. The largest absolute Gasteiger partial charge is 0.494 e. The third kappa shape index (κ3) is 3.61. The summed E-state index contributed by atoms with van der Waals surface area (Å²) < 4.78 is 5.65. The van der Waals surface area contributed by atoms with Gasteiger partial charge in [0.1, 0.15) is 5.75 Å². The average Bonchev–Trinajstić information content (AvgIpc) is 3.41. The number of hydrogen-bond acceptors (Lipinski definition) is 4. The number of amides is 2. The first-order chi connectivity index (χ1) is 14.1. The van der Waals surface area contributed by atoms with Crippen molar-refractivity contribution in [3.63, 3.8) is 0 Å². The van der Waals surface area contributed by atoms with E-state index in [1.807, 2.05) is 31.2 Å². The molecule has 0 aromatic heterocycles. The Bertz CT molecular complexity index is 820. The predicted molar refractivity (Wildman–Crippen MR) is 110 cm³/mol. The average molecular weight is 396 g/mol. The SMILES string of the molecule is CCOc1ccccc1CNC(=NC)NCCN1C(=O)C2C3C=CC(C3)C2C1=O. The topological polar surface area (TPSA) is 83.0 Å². The minimum atomic E-state index is -0.134. The Hall–Kier alpha value is -2.83. The highest BCUT2D eigenvalue weighted by Crippen LogP contribution is 2.52. The van der Waals surface area contributed by atoms with Crippen LogP contribution in [0.15, 0.2) is 41.4 Å². The van der Waals surface area contributed by atoms with Gasteiger partial charge in [-0.15, -0.1) is 0 Å². The lowest BCUT2D eigenvalue weighted by molar-refractivity contribution is -0.140. The van der Waals surface area contributed by atoms with Crippen LogP contribution in [0.2, 0.25) is 0 Å². The molecule has 4 rings (SSSR count). The van der Waals surface area contributed by atoms with Crippen molar-refractivity contribution in [3.8, 4) is 5.75 Å². The number of aliphatic imine (C=N–C) groups is 1. The van der Waals surface area contributed by atoms with Gasteiger partial charge in [0.05, 0.1) is 18.4 Å². The molecule has 7 nitrogen and oxygen atoms in total. The van der Waals surface area contributed by atoms with E-state index < -0.39 is 0 Å². The Labute approximate surface area is 171 Å². The van der Waals surface area contributed by atoms with Gasteiger partial charge in [0.25, 0.3) is 0 Å². The van der Waals surface area contributed by atoms with Gasteiger partial charge in [0.2, 0.25) is 11.8 Å². The van der Waals surface area contributed by atoms with Crippen LogP contribution in [0.5, 0.6) is 5.75 Å². The molecule has 1 heterocycles. The highest BCUT2D eigenvalue weighted by atomic mass is 16.5. The zero-order chi connectivity index (χ0) is 20.4. The minimum absolute atomic E-state index is 0.00719. The van der Waals surface area contributed by atoms with Crippen LogP contribution in [0.1, 0.15) is 18.9 Å². The molecular weight excluding hydrogens is 368 g/mol. The van der Waals surface area contributed by atoms with Gasteiger partial charge in [-0.25, -0.2) is 0 Å². The maximum atomic E-state index is 12.7. The van der Waals surface area contributed by atoms with Crippen molar-refractivity contribution in [3.05, 3.63) is 42.0 Å². The molecule has 0 spiro atoms. The Kier molecular flexibility index (Phi) is 5.56. The van der Waals surface area contributed by atoms with Crippen molar-refractivity contribution in [2.75, 3.05) is 26.7 Å². The molecule has 1 aromatic carbocycles. The summed E-state index contributed by atoms with van der Waals surface area (Å²) in [5.74, 6) is 1.69. The Morgan fingerprint density at radius 3 is 2.48 bits per heavy atom. The summed E-state index contributed by atoms with van der Waals surface area (Å²) in [7, 11) is 1.70. The number of likely N-dealkylation sites (tertiary alicyclic amines) is 1. The number of para-hydroxylation sites is 1. The molecule has 2 N–H and O–H groups in total. The zero-order valence-corrected chi connectivity index (χ0v) is 16.9. The van der Waals surface area contributed by atoms with E-state index in [-0.39, 0.29) is 35.5 Å². The maximum Gasteiger partial charge on any atom is 0.233 e. The molecule has 1 saturated heterocycles. The van der Waals surface area contributed by atoms with Gasteiger partial charge in [-0.3, -0.25) is 19.5 Å². The van der Waals surface area contributed by atoms with E-state index in [0.717, 1.165) is 17.7 Å². The molecular formula is C22H28N4O3. The summed E-state index contributed by atoms with van der Waals surface area (Å²) in [4.78, 5) is 31.1. The molecule has 0 radical (unpaired) electrons. The quantitative estimate of drug-likeness (QED) is 0.316. The van der Waals surface area contributed by atoms with E-state index in [2.05, 4.69) is 27.8 Å². The smallest absolute Gasteiger partial charge is 0.233 e. The number of nitrogens with zero attached hydrogens (tertiary/aromatic N) is 2. The van der Waals surface area contributed by atoms with Crippen molar-refractivity contribution in [1.82, 2.24) is 15.5 Å². The third-order valence-electron chi connectivity index (χ3n) is 6.13. The summed E-state index contributed by atoms with van der Waals surface area (Å²) in [6, 6.07) is 7.87. The maximum absolute atomic E-state index is 12.7. The Morgan fingerprint density at radius 2 is 1.83 bits per heavy atom. The summed E-state index contributed by atoms with van der Waals surface area (Å²) in [6.45, 7) is 3.96. The number of fused-ring (bicyclic) bond motifs is 5. The second-order valence-corrected chi connectivity index (χ2v) is 7.72. The van der Waals surface area contributed by atoms with E-state index in [9.17, 15) is 9.59 Å². The highest BCUT2D eigenvalue weighted by Gasteiger charge is 2.58. The summed E-state index contributed by atoms with van der Waals surface area (Å²) in [5, 5.41) is 6.46. The standard InChI is InChI=1S/C22H28N4O3/c1-3-29-17-7-5-4-6-16(17)13-25-22(23-2)24-10-11-26-20(27)18-14-8-9-15(12-14)19(18)21(26)28/h4-9,14-15,18-19H,3,10-13H2,1-2H3,(H2,23,24,25). The van der Waals surface area contributed by atoms with E-state index in [1.54, 1.807) is 7.05 Å². The van der Waals surface area contributed by atoms with Gasteiger partial charge < -0.3 is 15.4 Å². The third-order valence-corrected chi connectivity index (χ3v) is 6.13. The molecule has 2 aliphatic carbocycles. The van der Waals surface area contributed by atoms with Gasteiger partial charge in [-0.05, 0) is 31.2 Å². The van der Waals surface area contributed by atoms with Crippen LogP contribution in [0.25, 0.3) is 0 Å². The summed E-state index contributed by atoms with van der Waals surface area (Å²) in [6.07, 6.45) is 5.19. The van der Waals surface area contributed by atoms with Crippen LogP contribution in [0, 0.1) is 23.7 Å². The van der Waals surface area contributed by atoms with Gasteiger partial charge in [0, 0.05) is 32.2 Å². The zero-order valence-electron chi connectivity index (χ0n) is 16.9. The van der Waals surface area contributed by atoms with Crippen molar-refractivity contribution >= 4 is 17.8 Å². The number of guanidine groups is 1. The number of imide groups is 1. The first kappa shape index (κ1) is 19.5. The van der Waals surface area contributed by atoms with Gasteiger partial charge in [-0.2, -0.15) is 0 Å². The minimum Gasteiger partial charge on any atom is -0.494 e. The van der Waals surface area contributed by atoms with Crippen LogP contribution < -0.4 is 15.4 Å². The van der Waals surface area contributed by atoms with Crippen LogP contribution in [0.4, 0.5) is 0 Å². The van der Waals surface area contributed by atoms with E-state index in [0.29, 0.717) is 32.2 Å². The first-order valence-corrected chi connectivity index (χ1v) is 10.3. The molecule has 2 fully saturated rings. The van der Waals surface area contributed by atoms with E-state index in [4.69, 9.17) is 4.74 Å². The van der Waals surface area contributed by atoms with Crippen molar-refractivity contribution in [2.45, 2.75) is 19.9 Å². The number of benzene rings is 1. The first-order valence-electron chi connectivity index (χ1n) is 10.3. The Balaban J connectivity index is 1.28. The lowest BCUT2D eigenvalue weighted by Crippen LogP contribution is -2.43. The van der Waals surface area contributed by atoms with Gasteiger partial charge in [-0.1, -0.05) is 30.4 Å². The molecule has 7 heteroatoms. The normalized spacial score (nSPS) is 27.5. The fourth-order valence-electron chi connectivity index (χ4n) is 4.82. The van der Waals surface area contributed by atoms with Crippen LogP contribution in [-0.4, -0.2) is 49.4 Å². The fourth-order valence-corrected chi connectivity index (χ4v) is 4.82. The summed E-state index contributed by atoms with van der Waals surface area (Å²) in [5.41, 5.74) is 1.04. The molecule has 1 aromatic rings. The second kappa shape index (κ2) is 8.27. The Morgan fingerprint density at radius 1 is 1.14 bits per heavy atom. The van der Waals surface area contributed by atoms with Gasteiger partial charge in [0.15, 0.2) is 5.96 Å². The molecule has 4 unspecified atom stereocenters. The molecule has 154 valence electrons. The fraction of sp³-hybridized carbons (Fsp3) is 0.500. The van der Waals surface area contributed by atoms with Gasteiger partial charge >= 0.3 is 0 Å².